The number of nitrogens with zero attached hydrogens (tertiary/aromatic N) is 4. The summed E-state index contributed by atoms with van der Waals surface area (Å²) in [4.78, 5) is 50.3. The van der Waals surface area contributed by atoms with Crippen LogP contribution in [0.25, 0.3) is 11.1 Å². The Morgan fingerprint density at radius 2 is 1.83 bits per heavy atom. The zero-order valence-electron chi connectivity index (χ0n) is 20.2. The molecule has 0 unspecified atom stereocenters. The van der Waals surface area contributed by atoms with E-state index in [0.717, 1.165) is 38.5 Å². The maximum Gasteiger partial charge on any atom is 0.318 e. The van der Waals surface area contributed by atoms with Crippen LogP contribution in [0.4, 0.5) is 4.79 Å². The van der Waals surface area contributed by atoms with Gasteiger partial charge in [0.2, 0.25) is 5.91 Å². The molecule has 4 aliphatic rings. The lowest BCUT2D eigenvalue weighted by Crippen LogP contribution is -2.54. The molecule has 2 aliphatic carbocycles. The van der Waals surface area contributed by atoms with Crippen LogP contribution in [-0.4, -0.2) is 61.7 Å². The first kappa shape index (κ1) is 23.1. The summed E-state index contributed by atoms with van der Waals surface area (Å²) >= 11 is 0. The molecule has 2 saturated carbocycles. The van der Waals surface area contributed by atoms with Gasteiger partial charge in [0.15, 0.2) is 0 Å². The van der Waals surface area contributed by atoms with Crippen molar-refractivity contribution in [2.45, 2.75) is 63.2 Å². The summed E-state index contributed by atoms with van der Waals surface area (Å²) in [5.41, 5.74) is 1.63. The Morgan fingerprint density at radius 1 is 1.08 bits per heavy atom. The average molecular weight is 493 g/mol. The number of aliphatic hydroxyl groups is 1. The maximum atomic E-state index is 13.7. The van der Waals surface area contributed by atoms with E-state index in [1.807, 2.05) is 6.07 Å². The molecular formula is C26H32N6O4. The van der Waals surface area contributed by atoms with Gasteiger partial charge in [-0.2, -0.15) is 0 Å². The molecule has 2 aromatic heterocycles. The van der Waals surface area contributed by atoms with Crippen LogP contribution >= 0.6 is 0 Å². The topological polar surface area (TPSA) is 129 Å². The second-order valence-electron chi connectivity index (χ2n) is 10.6. The third-order valence-electron chi connectivity index (χ3n) is 8.40. The van der Waals surface area contributed by atoms with Gasteiger partial charge in [-0.25, -0.2) is 14.8 Å². The second-order valence-corrected chi connectivity index (χ2v) is 10.6. The van der Waals surface area contributed by atoms with Crippen LogP contribution < -0.4 is 16.2 Å². The predicted molar refractivity (Wildman–Crippen MR) is 131 cm³/mol. The van der Waals surface area contributed by atoms with E-state index in [2.05, 4.69) is 20.6 Å². The molecule has 1 saturated heterocycles. The number of hydrogen-bond donors (Lipinski definition) is 3. The first-order chi connectivity index (χ1) is 17.6. The lowest BCUT2D eigenvalue weighted by Gasteiger charge is -2.32. The molecule has 2 aromatic rings. The van der Waals surface area contributed by atoms with Gasteiger partial charge >= 0.3 is 6.03 Å². The third kappa shape index (κ3) is 3.97. The van der Waals surface area contributed by atoms with Crippen molar-refractivity contribution in [2.75, 3.05) is 13.2 Å². The summed E-state index contributed by atoms with van der Waals surface area (Å²) < 4.78 is 1.69. The largest absolute Gasteiger partial charge is 0.396 e. The van der Waals surface area contributed by atoms with E-state index in [0.29, 0.717) is 35.8 Å². The molecular weight excluding hydrogens is 460 g/mol. The fourth-order valence-electron chi connectivity index (χ4n) is 6.36. The normalized spacial score (nSPS) is 27.1. The summed E-state index contributed by atoms with van der Waals surface area (Å²) in [6, 6.07) is 2.16. The van der Waals surface area contributed by atoms with Crippen molar-refractivity contribution < 1.29 is 14.7 Å². The molecule has 0 spiro atoms. The van der Waals surface area contributed by atoms with Gasteiger partial charge < -0.3 is 25.2 Å². The van der Waals surface area contributed by atoms with Crippen LogP contribution in [0.2, 0.25) is 0 Å². The van der Waals surface area contributed by atoms with Gasteiger partial charge in [0, 0.05) is 61.2 Å². The molecule has 0 aromatic carbocycles. The van der Waals surface area contributed by atoms with E-state index >= 15 is 0 Å². The summed E-state index contributed by atoms with van der Waals surface area (Å²) in [6.45, 7) is 0.697. The SMILES string of the molecule is O=C(NCC1CC1)[C@H]1[C@H](CO)[C@H]2Cn3c(ccc(-c4cncnc4)c3=O)[C@H]2N1C(=O)NC1CCCC1. The molecule has 2 aliphatic heterocycles. The number of aliphatic hydroxyl groups excluding tert-OH is 1. The van der Waals surface area contributed by atoms with E-state index in [1.54, 1.807) is 27.9 Å². The van der Waals surface area contributed by atoms with Gasteiger partial charge in [-0.1, -0.05) is 12.8 Å². The zero-order chi connectivity index (χ0) is 24.8. The van der Waals surface area contributed by atoms with Crippen molar-refractivity contribution in [3.63, 3.8) is 0 Å². The number of urea groups is 1. The van der Waals surface area contributed by atoms with Crippen molar-refractivity contribution in [3.8, 4) is 11.1 Å². The number of fused-ring (bicyclic) bond motifs is 3. The van der Waals surface area contributed by atoms with Crippen molar-refractivity contribution in [1.29, 1.82) is 0 Å². The van der Waals surface area contributed by atoms with E-state index in [4.69, 9.17) is 0 Å². The highest BCUT2D eigenvalue weighted by molar-refractivity contribution is 5.89. The van der Waals surface area contributed by atoms with Gasteiger partial charge in [0.1, 0.15) is 12.4 Å². The van der Waals surface area contributed by atoms with Gasteiger partial charge in [-0.15, -0.1) is 0 Å². The summed E-state index contributed by atoms with van der Waals surface area (Å²) in [6.07, 6.45) is 10.8. The molecule has 190 valence electrons. The first-order valence-electron chi connectivity index (χ1n) is 13.0. The third-order valence-corrected chi connectivity index (χ3v) is 8.40. The molecule has 3 fully saturated rings. The molecule has 3 amide bonds. The lowest BCUT2D eigenvalue weighted by molar-refractivity contribution is -0.126. The molecule has 4 heterocycles. The molecule has 0 bridgehead atoms. The second kappa shape index (κ2) is 9.31. The minimum Gasteiger partial charge on any atom is -0.396 e. The standard InChI is InChI=1S/C26H32N6O4/c33-13-20-19-12-31-21(8-7-18(25(31)35)16-10-27-14-28-11-16)22(19)32(26(36)30-17-3-1-2-4-17)23(20)24(34)29-9-15-5-6-15/h7-8,10-11,14-15,17,19-20,22-23,33H,1-6,9,12-13H2,(H,29,34)(H,30,36)/t19-,20-,22+,23-/m1/s1. The minimum atomic E-state index is -0.781. The molecule has 36 heavy (non-hydrogen) atoms. The number of amides is 3. The Hall–Kier alpha value is -3.27. The lowest BCUT2D eigenvalue weighted by atomic mass is 9.88. The summed E-state index contributed by atoms with van der Waals surface area (Å²) in [5, 5.41) is 16.6. The Bertz CT molecular complexity index is 1210. The average Bonchev–Trinajstić information content (AvgIpc) is 3.28. The van der Waals surface area contributed by atoms with Crippen molar-refractivity contribution in [3.05, 3.63) is 46.9 Å². The maximum absolute atomic E-state index is 13.7. The highest BCUT2D eigenvalue weighted by atomic mass is 16.3. The molecule has 4 atom stereocenters. The summed E-state index contributed by atoms with van der Waals surface area (Å²) in [5.74, 6) is -0.422. The molecule has 6 rings (SSSR count). The van der Waals surface area contributed by atoms with Gasteiger partial charge in [0.05, 0.1) is 11.6 Å². The summed E-state index contributed by atoms with van der Waals surface area (Å²) in [7, 11) is 0. The minimum absolute atomic E-state index is 0.0864. The number of aromatic nitrogens is 3. The zero-order valence-corrected chi connectivity index (χ0v) is 20.2. The van der Waals surface area contributed by atoms with Gasteiger partial charge in [-0.05, 0) is 43.7 Å². The van der Waals surface area contributed by atoms with E-state index in [9.17, 15) is 19.5 Å². The Balaban J connectivity index is 1.37. The quantitative estimate of drug-likeness (QED) is 0.560. The predicted octanol–water partition coefficient (Wildman–Crippen LogP) is 1.45. The van der Waals surface area contributed by atoms with Gasteiger partial charge in [-0.3, -0.25) is 9.59 Å². The number of hydrogen-bond acceptors (Lipinski definition) is 6. The smallest absolute Gasteiger partial charge is 0.318 e. The molecule has 10 heteroatoms. The number of nitrogens with one attached hydrogen (secondary N) is 2. The monoisotopic (exact) mass is 492 g/mol. The van der Waals surface area contributed by atoms with E-state index < -0.39 is 18.0 Å². The van der Waals surface area contributed by atoms with E-state index in [-0.39, 0.29) is 36.1 Å². The number of rotatable bonds is 6. The van der Waals surface area contributed by atoms with Crippen LogP contribution in [0.5, 0.6) is 0 Å². The fraction of sp³-hybridized carbons (Fsp3) is 0.577. The highest BCUT2D eigenvalue weighted by Gasteiger charge is 2.57. The number of carbonyl (C=O) groups is 2. The fourth-order valence-corrected chi connectivity index (χ4v) is 6.36. The van der Waals surface area contributed by atoms with Gasteiger partial charge in [0.25, 0.3) is 5.56 Å². The van der Waals surface area contributed by atoms with Crippen molar-refractivity contribution >= 4 is 11.9 Å². The van der Waals surface area contributed by atoms with Crippen LogP contribution in [0.3, 0.4) is 0 Å². The molecule has 3 N–H and O–H groups in total. The van der Waals surface area contributed by atoms with Crippen LogP contribution in [-0.2, 0) is 11.3 Å². The Labute approximate surface area is 209 Å². The van der Waals surface area contributed by atoms with Crippen LogP contribution in [0.15, 0.2) is 35.6 Å². The Morgan fingerprint density at radius 3 is 2.53 bits per heavy atom. The van der Waals surface area contributed by atoms with Crippen molar-refractivity contribution in [1.82, 2.24) is 30.1 Å². The van der Waals surface area contributed by atoms with Crippen LogP contribution in [0, 0.1) is 17.8 Å². The highest BCUT2D eigenvalue weighted by Crippen LogP contribution is 2.49. The first-order valence-corrected chi connectivity index (χ1v) is 13.0. The number of carbonyl (C=O) groups excluding carboxylic acids is 2. The number of likely N-dealkylation sites (tertiary alicyclic amines) is 1. The molecule has 0 radical (unpaired) electrons. The Kier molecular flexibility index (Phi) is 5.99. The molecule has 10 nitrogen and oxygen atoms in total. The van der Waals surface area contributed by atoms with Crippen LogP contribution in [0.1, 0.15) is 50.3 Å². The number of pyridine rings is 1. The van der Waals surface area contributed by atoms with E-state index in [1.165, 1.54) is 6.33 Å². The van der Waals surface area contributed by atoms with Crippen molar-refractivity contribution in [2.24, 2.45) is 17.8 Å².